The molecular weight excluding hydrogens is 705 g/mol. The predicted octanol–water partition coefficient (Wildman–Crippen LogP) is 14.4. The monoisotopic (exact) mass is 740 g/mol. The molecular formula is C55H36N2O. The fraction of sp³-hybridized carbons (Fsp3) is 0.0182. The van der Waals surface area contributed by atoms with Gasteiger partial charge >= 0.3 is 0 Å². The summed E-state index contributed by atoms with van der Waals surface area (Å²) in [5.41, 5.74) is 16.2. The number of anilines is 3. The first kappa shape index (κ1) is 32.6. The quantitative estimate of drug-likeness (QED) is 0.169. The lowest BCUT2D eigenvalue weighted by atomic mass is 9.67. The van der Waals surface area contributed by atoms with Gasteiger partial charge in [0.25, 0.3) is 0 Å². The van der Waals surface area contributed by atoms with E-state index < -0.39 is 5.41 Å². The number of nitrogens with zero attached hydrogens (tertiary/aromatic N) is 2. The summed E-state index contributed by atoms with van der Waals surface area (Å²) in [5, 5.41) is 2.41. The molecule has 0 saturated heterocycles. The molecule has 2 heterocycles. The van der Waals surface area contributed by atoms with Crippen molar-refractivity contribution in [3.05, 3.63) is 241 Å². The van der Waals surface area contributed by atoms with Crippen LogP contribution < -0.4 is 9.64 Å². The number of benzene rings is 9. The highest BCUT2D eigenvalue weighted by atomic mass is 16.5. The number of rotatable bonds is 6. The van der Waals surface area contributed by atoms with Crippen molar-refractivity contribution in [2.45, 2.75) is 5.41 Å². The zero-order chi connectivity index (χ0) is 38.2. The van der Waals surface area contributed by atoms with Crippen LogP contribution in [0.4, 0.5) is 17.1 Å². The smallest absolute Gasteiger partial charge is 0.152 e. The van der Waals surface area contributed by atoms with E-state index in [1.807, 2.05) is 12.1 Å². The van der Waals surface area contributed by atoms with Crippen molar-refractivity contribution in [2.75, 3.05) is 4.90 Å². The number of hydrogen-bond donors (Lipinski definition) is 0. The largest absolute Gasteiger partial charge is 0.453 e. The molecule has 0 atom stereocenters. The molecule has 58 heavy (non-hydrogen) atoms. The Kier molecular flexibility index (Phi) is 7.14. The normalized spacial score (nSPS) is 13.1. The van der Waals surface area contributed by atoms with Crippen LogP contribution in [0.3, 0.4) is 0 Å². The fourth-order valence-electron chi connectivity index (χ4n) is 9.89. The minimum Gasteiger partial charge on any atom is -0.453 e. The number of fused-ring (bicyclic) bond motifs is 8. The minimum absolute atomic E-state index is 0.485. The second-order valence-electron chi connectivity index (χ2n) is 15.2. The second-order valence-corrected chi connectivity index (χ2v) is 15.2. The van der Waals surface area contributed by atoms with E-state index in [0.717, 1.165) is 45.3 Å². The van der Waals surface area contributed by atoms with Crippen molar-refractivity contribution in [1.29, 1.82) is 0 Å². The lowest BCUT2D eigenvalue weighted by Gasteiger charge is -2.35. The Bertz CT molecular complexity index is 3150. The third kappa shape index (κ3) is 4.62. The van der Waals surface area contributed by atoms with Gasteiger partial charge in [0, 0.05) is 27.8 Å². The molecule has 1 aliphatic carbocycles. The summed E-state index contributed by atoms with van der Waals surface area (Å²) < 4.78 is 8.80. The summed E-state index contributed by atoms with van der Waals surface area (Å²) in [6, 6.07) is 79.2. The molecule has 10 aromatic rings. The van der Waals surface area contributed by atoms with Crippen LogP contribution in [0.2, 0.25) is 0 Å². The standard InChI is InChI=1S/C55H36N2O/c1-4-16-38(17-5-1)55(39-18-6-2-7-19-39)47-25-11-10-22-44(47)45-35-34-42(36-48(45)55)56(40-20-8-3-9-21-40)41-32-30-37(31-33-41)43-23-14-27-50-53(43)46-24-15-29-52-54(46)57(50)49-26-12-13-28-51(49)58-52/h1-36H. The Morgan fingerprint density at radius 2 is 1.00 bits per heavy atom. The zero-order valence-corrected chi connectivity index (χ0v) is 31.6. The van der Waals surface area contributed by atoms with Gasteiger partial charge in [0.1, 0.15) is 0 Å². The third-order valence-corrected chi connectivity index (χ3v) is 12.3. The van der Waals surface area contributed by atoms with E-state index in [9.17, 15) is 0 Å². The maximum Gasteiger partial charge on any atom is 0.152 e. The highest BCUT2D eigenvalue weighted by Crippen LogP contribution is 2.57. The van der Waals surface area contributed by atoms with E-state index in [4.69, 9.17) is 4.74 Å². The van der Waals surface area contributed by atoms with Gasteiger partial charge in [-0.05, 0) is 105 Å². The molecule has 0 unspecified atom stereocenters. The summed E-state index contributed by atoms with van der Waals surface area (Å²) in [4.78, 5) is 2.39. The molecule has 0 radical (unpaired) electrons. The molecule has 0 fully saturated rings. The summed E-state index contributed by atoms with van der Waals surface area (Å²) in [7, 11) is 0. The van der Waals surface area contributed by atoms with Crippen LogP contribution in [-0.4, -0.2) is 4.57 Å². The lowest BCUT2D eigenvalue weighted by molar-refractivity contribution is 0.476. The summed E-state index contributed by atoms with van der Waals surface area (Å²) >= 11 is 0. The molecule has 3 heteroatoms. The number of ether oxygens (including phenoxy) is 1. The Morgan fingerprint density at radius 3 is 1.78 bits per heavy atom. The summed E-state index contributed by atoms with van der Waals surface area (Å²) in [6.07, 6.45) is 0. The SMILES string of the molecule is c1ccc(N(c2ccc(-c3cccc4c3c3cccc5c3n4-c3ccccc3O5)cc2)c2ccc3c(c2)C(c2ccccc2)(c2ccccc2)c2ccccc2-3)cc1. The minimum atomic E-state index is -0.485. The maximum atomic E-state index is 6.43. The first-order valence-corrected chi connectivity index (χ1v) is 19.9. The molecule has 0 spiro atoms. The van der Waals surface area contributed by atoms with Crippen molar-refractivity contribution in [3.8, 4) is 39.4 Å². The molecule has 0 amide bonds. The zero-order valence-electron chi connectivity index (χ0n) is 31.6. The molecule has 0 saturated carbocycles. The van der Waals surface area contributed by atoms with Crippen molar-refractivity contribution in [1.82, 2.24) is 4.57 Å². The van der Waals surface area contributed by atoms with E-state index >= 15 is 0 Å². The highest BCUT2D eigenvalue weighted by molar-refractivity contribution is 6.17. The molecule has 2 aliphatic rings. The Morgan fingerprint density at radius 1 is 0.414 bits per heavy atom. The van der Waals surface area contributed by atoms with Gasteiger partial charge in [-0.25, -0.2) is 0 Å². The van der Waals surface area contributed by atoms with Crippen LogP contribution in [0.15, 0.2) is 218 Å². The molecule has 0 bridgehead atoms. The number of hydrogen-bond acceptors (Lipinski definition) is 2. The highest BCUT2D eigenvalue weighted by Gasteiger charge is 2.46. The Hall–Kier alpha value is -7.62. The van der Waals surface area contributed by atoms with Gasteiger partial charge < -0.3 is 14.2 Å². The maximum absolute atomic E-state index is 6.43. The van der Waals surface area contributed by atoms with Crippen molar-refractivity contribution in [2.24, 2.45) is 0 Å². The van der Waals surface area contributed by atoms with Crippen molar-refractivity contribution < 1.29 is 4.74 Å². The molecule has 9 aromatic carbocycles. The van der Waals surface area contributed by atoms with E-state index in [-0.39, 0.29) is 0 Å². The van der Waals surface area contributed by atoms with Gasteiger partial charge in [-0.1, -0.05) is 158 Å². The average molecular weight is 741 g/mol. The van der Waals surface area contributed by atoms with Crippen LogP contribution >= 0.6 is 0 Å². The average Bonchev–Trinajstić information content (AvgIpc) is 3.80. The second kappa shape index (κ2) is 12.7. The molecule has 1 aromatic heterocycles. The van der Waals surface area contributed by atoms with E-state index in [1.54, 1.807) is 0 Å². The van der Waals surface area contributed by atoms with Gasteiger partial charge in [0.05, 0.1) is 22.1 Å². The van der Waals surface area contributed by atoms with Crippen LogP contribution in [0, 0.1) is 0 Å². The van der Waals surface area contributed by atoms with Crippen molar-refractivity contribution >= 4 is 38.9 Å². The van der Waals surface area contributed by atoms with Gasteiger partial charge in [-0.2, -0.15) is 0 Å². The van der Waals surface area contributed by atoms with Crippen LogP contribution in [0.5, 0.6) is 11.5 Å². The van der Waals surface area contributed by atoms with Gasteiger partial charge in [0.2, 0.25) is 0 Å². The summed E-state index contributed by atoms with van der Waals surface area (Å²) in [6.45, 7) is 0. The van der Waals surface area contributed by atoms with Crippen LogP contribution in [0.1, 0.15) is 22.3 Å². The van der Waals surface area contributed by atoms with Gasteiger partial charge in [-0.3, -0.25) is 0 Å². The van der Waals surface area contributed by atoms with Crippen molar-refractivity contribution in [3.63, 3.8) is 0 Å². The Labute approximate surface area is 337 Å². The number of aromatic nitrogens is 1. The summed E-state index contributed by atoms with van der Waals surface area (Å²) in [5.74, 6) is 1.75. The fourth-order valence-corrected chi connectivity index (χ4v) is 9.89. The molecule has 0 N–H and O–H groups in total. The topological polar surface area (TPSA) is 17.4 Å². The van der Waals surface area contributed by atoms with E-state index in [0.29, 0.717) is 0 Å². The van der Waals surface area contributed by atoms with Gasteiger partial charge in [-0.15, -0.1) is 0 Å². The first-order valence-electron chi connectivity index (χ1n) is 19.9. The number of para-hydroxylation sites is 4. The first-order chi connectivity index (χ1) is 28.8. The van der Waals surface area contributed by atoms with Crippen LogP contribution in [-0.2, 0) is 5.41 Å². The van der Waals surface area contributed by atoms with E-state index in [1.165, 1.54) is 55.2 Å². The molecule has 1 aliphatic heterocycles. The van der Waals surface area contributed by atoms with E-state index in [2.05, 4.69) is 216 Å². The van der Waals surface area contributed by atoms with Crippen LogP contribution in [0.25, 0.3) is 49.7 Å². The Balaban J connectivity index is 1.03. The lowest BCUT2D eigenvalue weighted by Crippen LogP contribution is -2.28. The molecule has 12 rings (SSSR count). The predicted molar refractivity (Wildman–Crippen MR) is 238 cm³/mol. The third-order valence-electron chi connectivity index (χ3n) is 12.3. The molecule has 272 valence electrons. The van der Waals surface area contributed by atoms with Gasteiger partial charge in [0.15, 0.2) is 11.5 Å². The molecule has 3 nitrogen and oxygen atoms in total.